The number of phenols is 1. The first-order valence-electron chi connectivity index (χ1n) is 5.13. The van der Waals surface area contributed by atoms with Crippen LogP contribution in [0.15, 0.2) is 18.2 Å². The topological polar surface area (TPSA) is 72.5 Å². The van der Waals surface area contributed by atoms with E-state index in [0.717, 1.165) is 0 Å². The number of esters is 1. The van der Waals surface area contributed by atoms with Gasteiger partial charge >= 0.3 is 5.97 Å². The van der Waals surface area contributed by atoms with Gasteiger partial charge < -0.3 is 15.6 Å². The molecule has 0 unspecified atom stereocenters. The predicted molar refractivity (Wildman–Crippen MR) is 73.1 cm³/mol. The van der Waals surface area contributed by atoms with Crippen LogP contribution in [-0.4, -0.2) is 18.2 Å². The second-order valence-corrected chi connectivity index (χ2v) is 4.78. The second-order valence-electron chi connectivity index (χ2n) is 4.37. The van der Waals surface area contributed by atoms with Gasteiger partial charge in [-0.25, -0.2) is 0 Å². The standard InChI is InChI=1S/C12H16ClNO3.ClH/c1-12(2,11(16)17-3)10(14)7-5-4-6-8(13)9(7)15;/h4-6,10,15H,14H2,1-3H3;1H/t10-;/m1./s1. The fourth-order valence-corrected chi connectivity index (χ4v) is 1.74. The molecule has 0 aliphatic rings. The zero-order chi connectivity index (χ0) is 13.2. The fourth-order valence-electron chi connectivity index (χ4n) is 1.56. The molecule has 0 saturated carbocycles. The highest BCUT2D eigenvalue weighted by Gasteiger charge is 2.37. The van der Waals surface area contributed by atoms with Gasteiger partial charge in [-0.1, -0.05) is 23.7 Å². The minimum atomic E-state index is -0.948. The summed E-state index contributed by atoms with van der Waals surface area (Å²) < 4.78 is 4.69. The van der Waals surface area contributed by atoms with Gasteiger partial charge in [0.2, 0.25) is 0 Å². The molecule has 0 radical (unpaired) electrons. The van der Waals surface area contributed by atoms with Gasteiger partial charge in [-0.05, 0) is 19.9 Å². The van der Waals surface area contributed by atoms with Crippen LogP contribution < -0.4 is 5.73 Å². The molecular weight excluding hydrogens is 277 g/mol. The lowest BCUT2D eigenvalue weighted by Gasteiger charge is -2.29. The first-order valence-corrected chi connectivity index (χ1v) is 5.51. The fraction of sp³-hybridized carbons (Fsp3) is 0.417. The minimum Gasteiger partial charge on any atom is -0.506 e. The van der Waals surface area contributed by atoms with Gasteiger partial charge in [-0.2, -0.15) is 0 Å². The zero-order valence-electron chi connectivity index (χ0n) is 10.4. The summed E-state index contributed by atoms with van der Waals surface area (Å²) in [6.45, 7) is 3.31. The Labute approximate surface area is 117 Å². The van der Waals surface area contributed by atoms with Gasteiger partial charge in [0.25, 0.3) is 0 Å². The van der Waals surface area contributed by atoms with Gasteiger partial charge in [0.1, 0.15) is 5.75 Å². The number of benzene rings is 1. The smallest absolute Gasteiger partial charge is 0.313 e. The predicted octanol–water partition coefficient (Wildman–Crippen LogP) is 2.67. The second kappa shape index (κ2) is 6.27. The van der Waals surface area contributed by atoms with E-state index in [4.69, 9.17) is 22.1 Å². The molecule has 1 atom stereocenters. The van der Waals surface area contributed by atoms with Crippen molar-refractivity contribution in [2.24, 2.45) is 11.1 Å². The van der Waals surface area contributed by atoms with Crippen molar-refractivity contribution in [2.75, 3.05) is 7.11 Å². The largest absolute Gasteiger partial charge is 0.506 e. The SMILES string of the molecule is COC(=O)C(C)(C)[C@H](N)c1cccc(Cl)c1O.Cl. The van der Waals surface area contributed by atoms with E-state index in [1.807, 2.05) is 0 Å². The molecule has 0 amide bonds. The van der Waals surface area contributed by atoms with Crippen LogP contribution in [0.5, 0.6) is 5.75 Å². The van der Waals surface area contributed by atoms with Crippen molar-refractivity contribution in [1.82, 2.24) is 0 Å². The van der Waals surface area contributed by atoms with E-state index in [2.05, 4.69) is 0 Å². The molecule has 1 aromatic rings. The van der Waals surface area contributed by atoms with Crippen LogP contribution in [0.4, 0.5) is 0 Å². The number of carbonyl (C=O) groups is 1. The third-order valence-corrected chi connectivity index (χ3v) is 3.15. The first-order chi connectivity index (χ1) is 7.82. The average Bonchev–Trinajstić information content (AvgIpc) is 2.30. The number of para-hydroxylation sites is 1. The highest BCUT2D eigenvalue weighted by molar-refractivity contribution is 6.32. The molecule has 4 nitrogen and oxygen atoms in total. The molecule has 1 rings (SSSR count). The van der Waals surface area contributed by atoms with Gasteiger partial charge in [0.15, 0.2) is 0 Å². The molecule has 6 heteroatoms. The molecule has 0 aliphatic heterocycles. The Hall–Kier alpha value is -0.970. The Morgan fingerprint density at radius 2 is 2.06 bits per heavy atom. The average molecular weight is 294 g/mol. The van der Waals surface area contributed by atoms with Gasteiger partial charge in [0, 0.05) is 11.6 Å². The van der Waals surface area contributed by atoms with Crippen molar-refractivity contribution < 1.29 is 14.6 Å². The van der Waals surface area contributed by atoms with Gasteiger partial charge in [-0.15, -0.1) is 12.4 Å². The maximum atomic E-state index is 11.6. The van der Waals surface area contributed by atoms with Crippen LogP contribution >= 0.6 is 24.0 Å². The number of phenolic OH excluding ortho intramolecular Hbond substituents is 1. The number of aromatic hydroxyl groups is 1. The molecule has 0 fully saturated rings. The summed E-state index contributed by atoms with van der Waals surface area (Å²) in [5.74, 6) is -0.539. The number of methoxy groups -OCH3 is 1. The lowest BCUT2D eigenvalue weighted by molar-refractivity contribution is -0.152. The summed E-state index contributed by atoms with van der Waals surface area (Å²) in [5, 5.41) is 10.0. The molecule has 102 valence electrons. The maximum Gasteiger partial charge on any atom is 0.313 e. The molecule has 18 heavy (non-hydrogen) atoms. The maximum absolute atomic E-state index is 11.6. The lowest BCUT2D eigenvalue weighted by atomic mass is 9.81. The summed E-state index contributed by atoms with van der Waals surface area (Å²) in [6.07, 6.45) is 0. The van der Waals surface area contributed by atoms with Crippen LogP contribution in [0.1, 0.15) is 25.5 Å². The molecule has 0 heterocycles. The Morgan fingerprint density at radius 1 is 1.50 bits per heavy atom. The molecular formula is C12H17Cl2NO3. The van der Waals surface area contributed by atoms with Crippen molar-refractivity contribution in [1.29, 1.82) is 0 Å². The summed E-state index contributed by atoms with van der Waals surface area (Å²) in [6, 6.07) is 4.16. The number of hydrogen-bond donors (Lipinski definition) is 2. The van der Waals surface area contributed by atoms with E-state index in [-0.39, 0.29) is 23.2 Å². The molecule has 0 aliphatic carbocycles. The third kappa shape index (κ3) is 3.07. The number of ether oxygens (including phenoxy) is 1. The Kier molecular flexibility index (Phi) is 5.93. The van der Waals surface area contributed by atoms with E-state index in [9.17, 15) is 9.90 Å². The Bertz CT molecular complexity index is 435. The van der Waals surface area contributed by atoms with Crippen molar-refractivity contribution in [3.63, 3.8) is 0 Å². The van der Waals surface area contributed by atoms with E-state index in [1.165, 1.54) is 7.11 Å². The van der Waals surface area contributed by atoms with Crippen LogP contribution in [0.25, 0.3) is 0 Å². The first kappa shape index (κ1) is 17.0. The molecule has 0 bridgehead atoms. The molecule has 0 spiro atoms. The van der Waals surface area contributed by atoms with Crippen molar-refractivity contribution in [3.8, 4) is 5.75 Å². The van der Waals surface area contributed by atoms with E-state index < -0.39 is 17.4 Å². The third-order valence-electron chi connectivity index (χ3n) is 2.84. The summed E-state index contributed by atoms with van der Waals surface area (Å²) in [7, 11) is 1.30. The monoisotopic (exact) mass is 293 g/mol. The molecule has 0 aromatic heterocycles. The van der Waals surface area contributed by atoms with Crippen molar-refractivity contribution in [2.45, 2.75) is 19.9 Å². The number of carbonyl (C=O) groups excluding carboxylic acids is 1. The van der Waals surface area contributed by atoms with Crippen LogP contribution in [0.2, 0.25) is 5.02 Å². The molecule has 1 aromatic carbocycles. The van der Waals surface area contributed by atoms with Gasteiger partial charge in [-0.3, -0.25) is 4.79 Å². The van der Waals surface area contributed by atoms with Crippen LogP contribution in [0.3, 0.4) is 0 Å². The van der Waals surface area contributed by atoms with Crippen LogP contribution in [0, 0.1) is 5.41 Å². The number of nitrogens with two attached hydrogens (primary N) is 1. The van der Waals surface area contributed by atoms with E-state index in [0.29, 0.717) is 5.56 Å². The lowest BCUT2D eigenvalue weighted by Crippen LogP contribution is -2.37. The normalized spacial score (nSPS) is 12.5. The summed E-state index contributed by atoms with van der Waals surface area (Å²) in [5.41, 5.74) is 5.48. The number of rotatable bonds is 3. The number of halogens is 2. The number of hydrogen-bond acceptors (Lipinski definition) is 4. The van der Waals surface area contributed by atoms with Crippen molar-refractivity contribution >= 4 is 30.0 Å². The Morgan fingerprint density at radius 3 is 2.56 bits per heavy atom. The quantitative estimate of drug-likeness (QED) is 0.841. The summed E-state index contributed by atoms with van der Waals surface area (Å²) in [4.78, 5) is 11.6. The van der Waals surface area contributed by atoms with E-state index in [1.54, 1.807) is 32.0 Å². The van der Waals surface area contributed by atoms with Gasteiger partial charge in [0.05, 0.1) is 17.5 Å². The minimum absolute atomic E-state index is 0. The summed E-state index contributed by atoms with van der Waals surface area (Å²) >= 11 is 5.80. The zero-order valence-corrected chi connectivity index (χ0v) is 12.0. The highest BCUT2D eigenvalue weighted by atomic mass is 35.5. The molecule has 0 saturated heterocycles. The Balaban J connectivity index is 0.00000289. The highest BCUT2D eigenvalue weighted by Crippen LogP contribution is 2.39. The molecule has 3 N–H and O–H groups in total. The van der Waals surface area contributed by atoms with Crippen LogP contribution in [-0.2, 0) is 9.53 Å². The van der Waals surface area contributed by atoms with E-state index >= 15 is 0 Å². The van der Waals surface area contributed by atoms with Crippen molar-refractivity contribution in [3.05, 3.63) is 28.8 Å².